The summed E-state index contributed by atoms with van der Waals surface area (Å²) in [5.41, 5.74) is 5.85. The molecule has 0 amide bonds. The summed E-state index contributed by atoms with van der Waals surface area (Å²) in [6, 6.07) is 0.818. The van der Waals surface area contributed by atoms with Gasteiger partial charge in [-0.15, -0.1) is 0 Å². The van der Waals surface area contributed by atoms with Gasteiger partial charge in [-0.05, 0) is 55.7 Å². The molecule has 0 radical (unpaired) electrons. The van der Waals surface area contributed by atoms with E-state index >= 15 is 0 Å². The lowest BCUT2D eigenvalue weighted by Crippen LogP contribution is -2.41. The van der Waals surface area contributed by atoms with Gasteiger partial charge in [0.1, 0.15) is 0 Å². The first-order chi connectivity index (χ1) is 6.90. The van der Waals surface area contributed by atoms with E-state index in [9.17, 15) is 0 Å². The Morgan fingerprint density at radius 2 is 2.21 bits per heavy atom. The summed E-state index contributed by atoms with van der Waals surface area (Å²) in [5.74, 6) is 4.31. The molecule has 2 aliphatic rings. The predicted molar refractivity (Wildman–Crippen MR) is 63.6 cm³/mol. The Morgan fingerprint density at radius 3 is 2.71 bits per heavy atom. The van der Waals surface area contributed by atoms with Crippen LogP contribution in [-0.2, 0) is 0 Å². The van der Waals surface area contributed by atoms with E-state index in [2.05, 4.69) is 17.1 Å². The third-order valence-electron chi connectivity index (χ3n) is 3.71. The second-order valence-corrected chi connectivity index (χ2v) is 5.81. The largest absolute Gasteiger partial charge is 0.330 e. The van der Waals surface area contributed by atoms with Crippen LogP contribution in [0.3, 0.4) is 0 Å². The first-order valence-electron chi connectivity index (χ1n) is 5.91. The van der Waals surface area contributed by atoms with E-state index in [1.165, 1.54) is 37.2 Å². The first kappa shape index (κ1) is 10.8. The fourth-order valence-corrected chi connectivity index (χ4v) is 3.68. The normalized spacial score (nSPS) is 30.2. The third kappa shape index (κ3) is 2.65. The summed E-state index contributed by atoms with van der Waals surface area (Å²) in [6.07, 6.45) is 5.58. The number of nitrogens with one attached hydrogen (secondary N) is 1. The highest BCUT2D eigenvalue weighted by atomic mass is 32.2. The van der Waals surface area contributed by atoms with Gasteiger partial charge in [0.05, 0.1) is 0 Å². The standard InChI is InChI=1S/C11H22N2S/c12-6-10(9-4-5-14-8-9)7-13-11-2-1-3-11/h9-11,13H,1-8,12H2. The van der Waals surface area contributed by atoms with Gasteiger partial charge in [0.2, 0.25) is 0 Å². The lowest BCUT2D eigenvalue weighted by Gasteiger charge is -2.30. The number of nitrogens with two attached hydrogens (primary N) is 1. The second kappa shape index (κ2) is 5.38. The molecule has 2 unspecified atom stereocenters. The summed E-state index contributed by atoms with van der Waals surface area (Å²) < 4.78 is 0. The molecule has 1 saturated heterocycles. The Morgan fingerprint density at radius 1 is 1.36 bits per heavy atom. The Hall–Kier alpha value is 0.270. The van der Waals surface area contributed by atoms with Gasteiger partial charge in [-0.3, -0.25) is 0 Å². The minimum atomic E-state index is 0.727. The Kier molecular flexibility index (Phi) is 4.14. The topological polar surface area (TPSA) is 38.0 Å². The van der Waals surface area contributed by atoms with E-state index in [-0.39, 0.29) is 0 Å². The van der Waals surface area contributed by atoms with Crippen LogP contribution in [0.1, 0.15) is 25.7 Å². The molecule has 0 bridgehead atoms. The van der Waals surface area contributed by atoms with Crippen molar-refractivity contribution in [2.24, 2.45) is 17.6 Å². The van der Waals surface area contributed by atoms with E-state index in [0.29, 0.717) is 0 Å². The van der Waals surface area contributed by atoms with Gasteiger partial charge in [-0.25, -0.2) is 0 Å². The maximum Gasteiger partial charge on any atom is 0.00672 e. The summed E-state index contributed by atoms with van der Waals surface area (Å²) in [7, 11) is 0. The molecule has 14 heavy (non-hydrogen) atoms. The van der Waals surface area contributed by atoms with Crippen LogP contribution in [0.4, 0.5) is 0 Å². The van der Waals surface area contributed by atoms with E-state index < -0.39 is 0 Å². The average molecular weight is 214 g/mol. The lowest BCUT2D eigenvalue weighted by molar-refractivity contribution is 0.284. The average Bonchev–Trinajstić information content (AvgIpc) is 2.62. The molecule has 0 aromatic rings. The minimum Gasteiger partial charge on any atom is -0.330 e. The van der Waals surface area contributed by atoms with Crippen molar-refractivity contribution in [2.75, 3.05) is 24.6 Å². The van der Waals surface area contributed by atoms with Gasteiger partial charge < -0.3 is 11.1 Å². The van der Waals surface area contributed by atoms with Crippen LogP contribution in [0.15, 0.2) is 0 Å². The Labute approximate surface area is 91.4 Å². The number of hydrogen-bond acceptors (Lipinski definition) is 3. The van der Waals surface area contributed by atoms with Crippen molar-refractivity contribution < 1.29 is 0 Å². The molecule has 0 aromatic carbocycles. The molecule has 2 fully saturated rings. The van der Waals surface area contributed by atoms with Gasteiger partial charge in [0, 0.05) is 6.04 Å². The highest BCUT2D eigenvalue weighted by molar-refractivity contribution is 7.99. The van der Waals surface area contributed by atoms with Gasteiger partial charge >= 0.3 is 0 Å². The number of thioether (sulfide) groups is 1. The molecule has 0 aromatic heterocycles. The Balaban J connectivity index is 1.68. The molecule has 2 rings (SSSR count). The van der Waals surface area contributed by atoms with Crippen LogP contribution in [0, 0.1) is 11.8 Å². The molecule has 3 heteroatoms. The highest BCUT2D eigenvalue weighted by Gasteiger charge is 2.25. The molecular formula is C11H22N2S. The zero-order chi connectivity index (χ0) is 9.80. The monoisotopic (exact) mass is 214 g/mol. The quantitative estimate of drug-likeness (QED) is 0.727. The molecular weight excluding hydrogens is 192 g/mol. The molecule has 1 aliphatic heterocycles. The van der Waals surface area contributed by atoms with Crippen LogP contribution in [-0.4, -0.2) is 30.6 Å². The van der Waals surface area contributed by atoms with Gasteiger partial charge in [0.25, 0.3) is 0 Å². The maximum absolute atomic E-state index is 5.85. The first-order valence-corrected chi connectivity index (χ1v) is 7.07. The van der Waals surface area contributed by atoms with Crippen LogP contribution < -0.4 is 11.1 Å². The zero-order valence-corrected chi connectivity index (χ0v) is 9.69. The van der Waals surface area contributed by atoms with Crippen molar-refractivity contribution in [3.63, 3.8) is 0 Å². The van der Waals surface area contributed by atoms with Crippen LogP contribution in [0.2, 0.25) is 0 Å². The third-order valence-corrected chi connectivity index (χ3v) is 4.90. The summed E-state index contributed by atoms with van der Waals surface area (Å²) in [6.45, 7) is 2.03. The van der Waals surface area contributed by atoms with Crippen LogP contribution in [0.5, 0.6) is 0 Å². The van der Waals surface area contributed by atoms with Crippen molar-refractivity contribution >= 4 is 11.8 Å². The smallest absolute Gasteiger partial charge is 0.00672 e. The van der Waals surface area contributed by atoms with Crippen molar-refractivity contribution in [1.29, 1.82) is 0 Å². The van der Waals surface area contributed by atoms with Crippen molar-refractivity contribution in [1.82, 2.24) is 5.32 Å². The van der Waals surface area contributed by atoms with E-state index in [0.717, 1.165) is 31.0 Å². The van der Waals surface area contributed by atoms with Crippen LogP contribution in [0.25, 0.3) is 0 Å². The van der Waals surface area contributed by atoms with Crippen LogP contribution >= 0.6 is 11.8 Å². The van der Waals surface area contributed by atoms with Gasteiger partial charge in [-0.1, -0.05) is 6.42 Å². The zero-order valence-electron chi connectivity index (χ0n) is 8.87. The predicted octanol–water partition coefficient (Wildman–Crippen LogP) is 1.46. The molecule has 3 N–H and O–H groups in total. The molecule has 1 heterocycles. The molecule has 1 aliphatic carbocycles. The van der Waals surface area contributed by atoms with Gasteiger partial charge in [-0.2, -0.15) is 11.8 Å². The summed E-state index contributed by atoms with van der Waals surface area (Å²) in [5, 5.41) is 3.66. The number of rotatable bonds is 5. The summed E-state index contributed by atoms with van der Waals surface area (Å²) >= 11 is 2.10. The van der Waals surface area contributed by atoms with Crippen molar-refractivity contribution in [3.05, 3.63) is 0 Å². The van der Waals surface area contributed by atoms with E-state index in [1.807, 2.05) is 0 Å². The molecule has 2 atom stereocenters. The minimum absolute atomic E-state index is 0.727. The van der Waals surface area contributed by atoms with Gasteiger partial charge in [0.15, 0.2) is 0 Å². The SMILES string of the molecule is NCC(CNC1CCC1)C1CCSC1. The Bertz CT molecular complexity index is 165. The molecule has 82 valence electrons. The maximum atomic E-state index is 5.85. The summed E-state index contributed by atoms with van der Waals surface area (Å²) in [4.78, 5) is 0. The van der Waals surface area contributed by atoms with E-state index in [1.54, 1.807) is 0 Å². The van der Waals surface area contributed by atoms with Crippen molar-refractivity contribution in [2.45, 2.75) is 31.7 Å². The second-order valence-electron chi connectivity index (χ2n) is 4.66. The van der Waals surface area contributed by atoms with E-state index in [4.69, 9.17) is 5.73 Å². The highest BCUT2D eigenvalue weighted by Crippen LogP contribution is 2.29. The number of hydrogen-bond donors (Lipinski definition) is 2. The fraction of sp³-hybridized carbons (Fsp3) is 1.00. The molecule has 2 nitrogen and oxygen atoms in total. The lowest BCUT2D eigenvalue weighted by atomic mass is 9.89. The molecule has 0 spiro atoms. The fourth-order valence-electron chi connectivity index (χ4n) is 2.30. The molecule has 1 saturated carbocycles. The van der Waals surface area contributed by atoms with Crippen molar-refractivity contribution in [3.8, 4) is 0 Å².